The maximum Gasteiger partial charge on any atom is 0.225 e. The van der Waals surface area contributed by atoms with Gasteiger partial charge in [-0.25, -0.2) is 0 Å². The second-order valence-corrected chi connectivity index (χ2v) is 17.5. The molecule has 64 heavy (non-hydrogen) atoms. The molecule has 4 aliphatic heterocycles. The van der Waals surface area contributed by atoms with Crippen LogP contribution in [0.3, 0.4) is 0 Å². The Morgan fingerprint density at radius 2 is 1.05 bits per heavy atom. The Labute approximate surface area is 380 Å². The highest BCUT2D eigenvalue weighted by atomic mass is 35.5. The predicted octanol–water partition coefficient (Wildman–Crippen LogP) is 3.13. The van der Waals surface area contributed by atoms with Crippen LogP contribution in [0.15, 0.2) is 84.9 Å². The summed E-state index contributed by atoms with van der Waals surface area (Å²) in [7, 11) is 1.27. The fourth-order valence-corrected chi connectivity index (χ4v) is 9.07. The van der Waals surface area contributed by atoms with E-state index in [4.69, 9.17) is 61.1 Å². The van der Waals surface area contributed by atoms with E-state index in [1.54, 1.807) is 30.3 Å². The summed E-state index contributed by atoms with van der Waals surface area (Å²) in [5.74, 6) is -3.00. The Bertz CT molecular complexity index is 2170. The van der Waals surface area contributed by atoms with Gasteiger partial charge in [-0.3, -0.25) is 0 Å². The molecule has 4 fully saturated rings. The van der Waals surface area contributed by atoms with Crippen molar-refractivity contribution in [2.45, 2.75) is 98.3 Å². The minimum Gasteiger partial charge on any atom is -0.488 e. The molecule has 8 rings (SSSR count). The smallest absolute Gasteiger partial charge is 0.225 e. The van der Waals surface area contributed by atoms with E-state index in [0.29, 0.717) is 71.9 Å². The van der Waals surface area contributed by atoms with Crippen molar-refractivity contribution >= 4 is 23.2 Å². The van der Waals surface area contributed by atoms with Gasteiger partial charge in [0.05, 0.1) is 39.6 Å². The first-order valence-electron chi connectivity index (χ1n) is 21.3. The molecule has 4 aromatic rings. The molecule has 4 aromatic carbocycles. The Hall–Kier alpha value is -3.46. The van der Waals surface area contributed by atoms with Gasteiger partial charge in [-0.2, -0.15) is 0 Å². The second kappa shape index (κ2) is 20.2. The minimum absolute atomic E-state index is 0.00152. The summed E-state index contributed by atoms with van der Waals surface area (Å²) in [6.45, 7) is 0.960. The first kappa shape index (κ1) is 47.0. The second-order valence-electron chi connectivity index (χ2n) is 16.7. The maximum absolute atomic E-state index is 11.8. The molecule has 12 atom stereocenters. The number of rotatable bonds is 15. The molecular formula is C47H54Cl2O15. The molecule has 4 aliphatic rings. The topological polar surface area (TPSA) is 215 Å². The summed E-state index contributed by atoms with van der Waals surface area (Å²) in [6.07, 6.45) is -11.7. The van der Waals surface area contributed by atoms with E-state index >= 15 is 0 Å². The molecule has 0 bridgehead atoms. The van der Waals surface area contributed by atoms with Crippen molar-refractivity contribution < 1.29 is 73.6 Å². The lowest BCUT2D eigenvalue weighted by Gasteiger charge is -2.51. The minimum atomic E-state index is -2.31. The highest BCUT2D eigenvalue weighted by molar-refractivity contribution is 6.31. The van der Waals surface area contributed by atoms with Gasteiger partial charge in [0, 0.05) is 41.1 Å². The van der Waals surface area contributed by atoms with Crippen LogP contribution in [0.25, 0.3) is 0 Å². The van der Waals surface area contributed by atoms with E-state index in [-0.39, 0.29) is 23.3 Å². The van der Waals surface area contributed by atoms with Gasteiger partial charge in [-0.15, -0.1) is 0 Å². The van der Waals surface area contributed by atoms with E-state index in [1.165, 1.54) is 13.2 Å². The number of hydrogen-bond donors (Lipinski definition) is 7. The van der Waals surface area contributed by atoms with Crippen molar-refractivity contribution in [2.24, 2.45) is 0 Å². The van der Waals surface area contributed by atoms with E-state index < -0.39 is 73.6 Å². The molecule has 4 saturated heterocycles. The van der Waals surface area contributed by atoms with Crippen LogP contribution in [0, 0.1) is 0 Å². The van der Waals surface area contributed by atoms with Gasteiger partial charge in [-0.1, -0.05) is 59.6 Å². The fourth-order valence-electron chi connectivity index (χ4n) is 8.70. The maximum atomic E-state index is 11.8. The molecule has 15 nitrogen and oxygen atoms in total. The first-order valence-corrected chi connectivity index (χ1v) is 22.1. The summed E-state index contributed by atoms with van der Waals surface area (Å²) in [6, 6.07) is 24.6. The van der Waals surface area contributed by atoms with Crippen LogP contribution in [0.1, 0.15) is 46.2 Å². The van der Waals surface area contributed by atoms with Crippen molar-refractivity contribution in [2.75, 3.05) is 46.8 Å². The lowest BCUT2D eigenvalue weighted by atomic mass is 9.86. The highest BCUT2D eigenvalue weighted by Crippen LogP contribution is 2.44. The lowest BCUT2D eigenvalue weighted by molar-refractivity contribution is -0.400. The Morgan fingerprint density at radius 3 is 1.50 bits per heavy atom. The Kier molecular flexibility index (Phi) is 14.8. The third-order valence-corrected chi connectivity index (χ3v) is 13.1. The van der Waals surface area contributed by atoms with Crippen LogP contribution in [0.5, 0.6) is 11.5 Å². The van der Waals surface area contributed by atoms with Gasteiger partial charge >= 0.3 is 0 Å². The molecule has 0 amide bonds. The fraction of sp³-hybridized carbons (Fsp3) is 0.489. The van der Waals surface area contributed by atoms with Crippen molar-refractivity contribution in [3.63, 3.8) is 0 Å². The average Bonchev–Trinajstić information content (AvgIpc) is 4.03. The third-order valence-electron chi connectivity index (χ3n) is 12.4. The summed E-state index contributed by atoms with van der Waals surface area (Å²) in [5, 5.41) is 79.1. The average molecular weight is 930 g/mol. The third kappa shape index (κ3) is 9.67. The lowest BCUT2D eigenvalue weighted by Crippen LogP contribution is -2.67. The molecule has 0 aliphatic carbocycles. The number of methoxy groups -OCH3 is 1. The van der Waals surface area contributed by atoms with Crippen LogP contribution >= 0.6 is 23.2 Å². The molecular weight excluding hydrogens is 875 g/mol. The standard InChI is InChI=1S/C47H54Cl2O15/c1-57-46(30-6-12-36(48)28(20-30)18-26-2-8-32(9-3-26)61-34-14-16-58-23-34)44(55)43(54)41(52)39(64-46)25-60-47(45(56)42(53)40(51)38(22-50)63-47)31-7-13-37(49)29(21-31)19-27-4-10-33(11-5-27)62-35-15-17-59-24-35/h2-13,20-21,34-35,38-45,50-56H,14-19,22-25H2,1H3/t34-,35-,38-,39-,40-,41-,42+,43+,44-,45-,46+,47-/m1/s1. The Balaban J connectivity index is 1.05. The van der Waals surface area contributed by atoms with E-state index in [2.05, 4.69) is 0 Å². The molecule has 0 spiro atoms. The zero-order valence-corrected chi connectivity index (χ0v) is 36.6. The summed E-state index contributed by atoms with van der Waals surface area (Å²) < 4.78 is 47.7. The number of hydrogen-bond acceptors (Lipinski definition) is 15. The number of ether oxygens (including phenoxy) is 8. The van der Waals surface area contributed by atoms with Gasteiger partial charge in [-0.05, 0) is 83.6 Å². The number of halogens is 2. The van der Waals surface area contributed by atoms with Crippen LogP contribution in [-0.4, -0.2) is 144 Å². The van der Waals surface area contributed by atoms with Gasteiger partial charge in [0.25, 0.3) is 0 Å². The van der Waals surface area contributed by atoms with Gasteiger partial charge < -0.3 is 73.6 Å². The summed E-state index contributed by atoms with van der Waals surface area (Å²) in [4.78, 5) is 0. The molecule has 7 N–H and O–H groups in total. The molecule has 17 heteroatoms. The Morgan fingerprint density at radius 1 is 0.594 bits per heavy atom. The van der Waals surface area contributed by atoms with E-state index in [1.807, 2.05) is 48.5 Å². The van der Waals surface area contributed by atoms with E-state index in [9.17, 15) is 35.7 Å². The molecule has 0 unspecified atom stereocenters. The molecule has 0 aromatic heterocycles. The van der Waals surface area contributed by atoms with Crippen LogP contribution < -0.4 is 9.47 Å². The molecule has 0 radical (unpaired) electrons. The zero-order chi connectivity index (χ0) is 45.2. The number of aliphatic hydroxyl groups is 7. The highest BCUT2D eigenvalue weighted by Gasteiger charge is 2.59. The van der Waals surface area contributed by atoms with Crippen molar-refractivity contribution in [3.05, 3.63) is 128 Å². The molecule has 346 valence electrons. The van der Waals surface area contributed by atoms with Crippen LogP contribution in [-0.2, 0) is 52.8 Å². The quantitative estimate of drug-likeness (QED) is 0.0913. The largest absolute Gasteiger partial charge is 0.488 e. The first-order chi connectivity index (χ1) is 30.8. The summed E-state index contributed by atoms with van der Waals surface area (Å²) in [5.41, 5.74) is 3.38. The van der Waals surface area contributed by atoms with Crippen molar-refractivity contribution in [1.82, 2.24) is 0 Å². The monoisotopic (exact) mass is 928 g/mol. The SMILES string of the molecule is CO[C@@]1(c2ccc(Cl)c(Cc3ccc(O[C@@H]4CCOC4)cc3)c2)O[C@H](CO[C@]2(c3ccc(Cl)c(Cc4ccc(O[C@@H]5CCOC5)cc4)c3)O[C@H](CO)[C@@H](O)[C@H](O)[C@H]2O)[C@@H](O)[C@H](O)[C@H]1O. The van der Waals surface area contributed by atoms with Crippen molar-refractivity contribution in [1.29, 1.82) is 0 Å². The molecule has 0 saturated carbocycles. The van der Waals surface area contributed by atoms with Gasteiger partial charge in [0.2, 0.25) is 11.6 Å². The predicted molar refractivity (Wildman–Crippen MR) is 230 cm³/mol. The number of aliphatic hydroxyl groups excluding tert-OH is 7. The van der Waals surface area contributed by atoms with Gasteiger partial charge in [0.15, 0.2) is 0 Å². The van der Waals surface area contributed by atoms with Crippen LogP contribution in [0.4, 0.5) is 0 Å². The number of benzene rings is 4. The normalized spacial score (nSPS) is 33.0. The van der Waals surface area contributed by atoms with E-state index in [0.717, 1.165) is 24.0 Å². The van der Waals surface area contributed by atoms with Gasteiger partial charge in [0.1, 0.15) is 72.5 Å². The summed E-state index contributed by atoms with van der Waals surface area (Å²) >= 11 is 13.4. The van der Waals surface area contributed by atoms with Crippen LogP contribution in [0.2, 0.25) is 10.0 Å². The van der Waals surface area contributed by atoms with Crippen molar-refractivity contribution in [3.8, 4) is 11.5 Å². The molecule has 4 heterocycles. The zero-order valence-electron chi connectivity index (χ0n) is 35.1.